The van der Waals surface area contributed by atoms with Crippen LogP contribution < -0.4 is 4.90 Å². The molecule has 0 atom stereocenters. The van der Waals surface area contributed by atoms with Gasteiger partial charge in [-0.3, -0.25) is 5.41 Å². The number of nitrogens with one attached hydrogen (secondary N) is 1. The summed E-state index contributed by atoms with van der Waals surface area (Å²) in [6, 6.07) is 9.64. The zero-order valence-electron chi connectivity index (χ0n) is 6.20. The number of rotatable bonds is 3. The topological polar surface area (TPSA) is 27.1 Å². The van der Waals surface area contributed by atoms with Crippen molar-refractivity contribution in [3.8, 4) is 0 Å². The maximum atomic E-state index is 7.03. The maximum absolute atomic E-state index is 7.03. The van der Waals surface area contributed by atoms with Crippen molar-refractivity contribution >= 4 is 12.0 Å². The Hall–Kier alpha value is -1.57. The minimum Gasteiger partial charge on any atom is -0.309 e. The van der Waals surface area contributed by atoms with Gasteiger partial charge in [0.25, 0.3) is 0 Å². The van der Waals surface area contributed by atoms with E-state index < -0.39 is 0 Å². The molecule has 0 aliphatic heterocycles. The highest BCUT2D eigenvalue weighted by Gasteiger charge is 1.94. The van der Waals surface area contributed by atoms with E-state index in [1.165, 1.54) is 6.34 Å². The van der Waals surface area contributed by atoms with Crippen LogP contribution in [0.2, 0.25) is 0 Å². The molecule has 1 aromatic carbocycles. The molecule has 0 aliphatic carbocycles. The lowest BCUT2D eigenvalue weighted by molar-refractivity contribution is 1.35. The number of hydrogen-bond donors (Lipinski definition) is 1. The van der Waals surface area contributed by atoms with E-state index in [9.17, 15) is 0 Å². The second kappa shape index (κ2) is 3.56. The first-order valence-electron chi connectivity index (χ1n) is 3.35. The lowest BCUT2D eigenvalue weighted by Crippen LogP contribution is -2.10. The van der Waals surface area contributed by atoms with Crippen LogP contribution in [0.5, 0.6) is 0 Å². The smallest absolute Gasteiger partial charge is 0.0902 e. The summed E-state index contributed by atoms with van der Waals surface area (Å²) in [4.78, 5) is 1.64. The summed E-state index contributed by atoms with van der Waals surface area (Å²) in [5.41, 5.74) is 0.956. The third-order valence-corrected chi connectivity index (χ3v) is 1.39. The van der Waals surface area contributed by atoms with Gasteiger partial charge in [0.1, 0.15) is 0 Å². The van der Waals surface area contributed by atoms with Crippen molar-refractivity contribution in [2.24, 2.45) is 0 Å². The highest BCUT2D eigenvalue weighted by Crippen LogP contribution is 2.10. The Labute approximate surface area is 66.3 Å². The first-order chi connectivity index (χ1) is 5.38. The SMILES string of the molecule is C=CN(C=N)c1ccccc1. The van der Waals surface area contributed by atoms with Crippen LogP contribution in [-0.4, -0.2) is 6.34 Å². The number of para-hydroxylation sites is 1. The predicted octanol–water partition coefficient (Wildman–Crippen LogP) is 2.24. The summed E-state index contributed by atoms with van der Waals surface area (Å²) < 4.78 is 0. The highest BCUT2D eigenvalue weighted by atomic mass is 15.1. The Bertz CT molecular complexity index is 233. The molecule has 0 radical (unpaired) electrons. The summed E-state index contributed by atoms with van der Waals surface area (Å²) in [5.74, 6) is 0. The van der Waals surface area contributed by atoms with Gasteiger partial charge in [-0.1, -0.05) is 24.8 Å². The van der Waals surface area contributed by atoms with Crippen LogP contribution in [0.4, 0.5) is 5.69 Å². The van der Waals surface area contributed by atoms with Crippen LogP contribution in [0, 0.1) is 5.41 Å². The van der Waals surface area contributed by atoms with Crippen molar-refractivity contribution in [3.63, 3.8) is 0 Å². The highest BCUT2D eigenvalue weighted by molar-refractivity contribution is 5.78. The Kier molecular flexibility index (Phi) is 2.44. The van der Waals surface area contributed by atoms with Gasteiger partial charge in [0.05, 0.1) is 6.34 Å². The Morgan fingerprint density at radius 1 is 1.27 bits per heavy atom. The number of nitrogens with zero attached hydrogens (tertiary/aromatic N) is 1. The lowest BCUT2D eigenvalue weighted by Gasteiger charge is -2.11. The van der Waals surface area contributed by atoms with Crippen molar-refractivity contribution in [2.75, 3.05) is 4.90 Å². The molecule has 1 N–H and O–H groups in total. The van der Waals surface area contributed by atoms with Gasteiger partial charge in [-0.15, -0.1) is 0 Å². The molecular formula is C9H10N2. The molecular weight excluding hydrogens is 136 g/mol. The van der Waals surface area contributed by atoms with E-state index in [1.807, 2.05) is 30.3 Å². The zero-order chi connectivity index (χ0) is 8.10. The van der Waals surface area contributed by atoms with Crippen LogP contribution in [0.1, 0.15) is 0 Å². The number of hydrogen-bond acceptors (Lipinski definition) is 1. The van der Waals surface area contributed by atoms with Gasteiger partial charge in [0.2, 0.25) is 0 Å². The second-order valence-corrected chi connectivity index (χ2v) is 2.05. The Morgan fingerprint density at radius 3 is 2.36 bits per heavy atom. The molecule has 56 valence electrons. The minimum absolute atomic E-state index is 0.956. The molecule has 0 aromatic heterocycles. The summed E-state index contributed by atoms with van der Waals surface area (Å²) >= 11 is 0. The quantitative estimate of drug-likeness (QED) is 0.514. The molecule has 2 heteroatoms. The minimum atomic E-state index is 0.956. The molecule has 2 nitrogen and oxygen atoms in total. The monoisotopic (exact) mass is 146 g/mol. The molecule has 0 spiro atoms. The molecule has 0 unspecified atom stereocenters. The summed E-state index contributed by atoms with van der Waals surface area (Å²) in [6.45, 7) is 3.58. The number of benzene rings is 1. The normalized spacial score (nSPS) is 8.73. The molecule has 0 heterocycles. The maximum Gasteiger partial charge on any atom is 0.0902 e. The van der Waals surface area contributed by atoms with E-state index in [4.69, 9.17) is 5.41 Å². The van der Waals surface area contributed by atoms with Crippen LogP contribution in [0.3, 0.4) is 0 Å². The van der Waals surface area contributed by atoms with Crippen LogP contribution in [-0.2, 0) is 0 Å². The molecule has 0 saturated carbocycles. The van der Waals surface area contributed by atoms with Gasteiger partial charge >= 0.3 is 0 Å². The molecule has 1 rings (SSSR count). The van der Waals surface area contributed by atoms with E-state index in [0.29, 0.717) is 0 Å². The fourth-order valence-corrected chi connectivity index (χ4v) is 0.833. The molecule has 11 heavy (non-hydrogen) atoms. The molecule has 0 fully saturated rings. The molecule has 0 aliphatic rings. The van der Waals surface area contributed by atoms with Gasteiger partial charge in [-0.2, -0.15) is 0 Å². The predicted molar refractivity (Wildman–Crippen MR) is 47.9 cm³/mol. The second-order valence-electron chi connectivity index (χ2n) is 2.05. The average Bonchev–Trinajstić information content (AvgIpc) is 2.09. The zero-order valence-corrected chi connectivity index (χ0v) is 6.20. The number of anilines is 1. The Balaban J connectivity index is 2.90. The fraction of sp³-hybridized carbons (Fsp3) is 0. The molecule has 0 saturated heterocycles. The van der Waals surface area contributed by atoms with E-state index in [0.717, 1.165) is 5.69 Å². The Morgan fingerprint density at radius 2 is 1.91 bits per heavy atom. The molecule has 1 aromatic rings. The summed E-state index contributed by atoms with van der Waals surface area (Å²) in [6.07, 6.45) is 2.82. The van der Waals surface area contributed by atoms with Gasteiger partial charge in [0, 0.05) is 11.9 Å². The van der Waals surface area contributed by atoms with Crippen molar-refractivity contribution in [1.82, 2.24) is 0 Å². The largest absolute Gasteiger partial charge is 0.309 e. The van der Waals surface area contributed by atoms with Gasteiger partial charge < -0.3 is 4.90 Å². The molecule has 0 bridgehead atoms. The van der Waals surface area contributed by atoms with E-state index >= 15 is 0 Å². The van der Waals surface area contributed by atoms with E-state index in [2.05, 4.69) is 6.58 Å². The van der Waals surface area contributed by atoms with Gasteiger partial charge in [-0.25, -0.2) is 0 Å². The first kappa shape index (κ1) is 7.54. The van der Waals surface area contributed by atoms with Crippen LogP contribution >= 0.6 is 0 Å². The van der Waals surface area contributed by atoms with Crippen LogP contribution in [0.15, 0.2) is 43.1 Å². The molecule has 0 amide bonds. The fourth-order valence-electron chi connectivity index (χ4n) is 0.833. The lowest BCUT2D eigenvalue weighted by atomic mass is 10.3. The average molecular weight is 146 g/mol. The third kappa shape index (κ3) is 1.67. The van der Waals surface area contributed by atoms with Crippen molar-refractivity contribution in [3.05, 3.63) is 43.1 Å². The van der Waals surface area contributed by atoms with Crippen LogP contribution in [0.25, 0.3) is 0 Å². The van der Waals surface area contributed by atoms with Crippen molar-refractivity contribution in [1.29, 1.82) is 5.41 Å². The van der Waals surface area contributed by atoms with E-state index in [1.54, 1.807) is 11.1 Å². The first-order valence-corrected chi connectivity index (χ1v) is 3.35. The van der Waals surface area contributed by atoms with Crippen molar-refractivity contribution in [2.45, 2.75) is 0 Å². The van der Waals surface area contributed by atoms with Gasteiger partial charge in [0.15, 0.2) is 0 Å². The summed E-state index contributed by atoms with van der Waals surface area (Å²) in [7, 11) is 0. The standard InChI is InChI=1S/C9H10N2/c1-2-11(8-10)9-6-4-3-5-7-9/h2-8,10H,1H2. The summed E-state index contributed by atoms with van der Waals surface area (Å²) in [5, 5.41) is 7.03. The third-order valence-electron chi connectivity index (χ3n) is 1.39. The van der Waals surface area contributed by atoms with E-state index in [-0.39, 0.29) is 0 Å². The van der Waals surface area contributed by atoms with Gasteiger partial charge in [-0.05, 0) is 12.1 Å². The van der Waals surface area contributed by atoms with Crippen molar-refractivity contribution < 1.29 is 0 Å².